The lowest BCUT2D eigenvalue weighted by Gasteiger charge is -2.14. The zero-order valence-corrected chi connectivity index (χ0v) is 17.5. The Morgan fingerprint density at radius 1 is 1.13 bits per heavy atom. The normalized spacial score (nSPS) is 16.4. The highest BCUT2D eigenvalue weighted by Gasteiger charge is 2.22. The van der Waals surface area contributed by atoms with Gasteiger partial charge in [0.1, 0.15) is 11.3 Å². The predicted octanol–water partition coefficient (Wildman–Crippen LogP) is 4.57. The third-order valence-corrected chi connectivity index (χ3v) is 6.09. The van der Waals surface area contributed by atoms with E-state index in [2.05, 4.69) is 19.7 Å². The van der Waals surface area contributed by atoms with Crippen LogP contribution in [-0.2, 0) is 17.0 Å². The molecule has 5 rings (SSSR count). The summed E-state index contributed by atoms with van der Waals surface area (Å²) in [6.45, 7) is 1.54. The Hall–Kier alpha value is -2.84. The lowest BCUT2D eigenvalue weighted by atomic mass is 10.2. The first-order chi connectivity index (χ1) is 14.8. The zero-order chi connectivity index (χ0) is 20.3. The Balaban J connectivity index is 1.41. The Morgan fingerprint density at radius 2 is 2.00 bits per heavy atom. The minimum Gasteiger partial charge on any atom is -0.497 e. The summed E-state index contributed by atoms with van der Waals surface area (Å²) in [7, 11) is 1.66. The highest BCUT2D eigenvalue weighted by atomic mass is 32.2. The van der Waals surface area contributed by atoms with Crippen molar-refractivity contribution in [2.45, 2.75) is 36.4 Å². The molecule has 1 fully saturated rings. The van der Waals surface area contributed by atoms with Gasteiger partial charge in [-0.2, -0.15) is 0 Å². The van der Waals surface area contributed by atoms with Gasteiger partial charge in [-0.1, -0.05) is 23.9 Å². The van der Waals surface area contributed by atoms with Gasteiger partial charge in [-0.15, -0.1) is 10.2 Å². The average Bonchev–Trinajstić information content (AvgIpc) is 3.52. The quantitative estimate of drug-likeness (QED) is 0.404. The second kappa shape index (κ2) is 8.49. The Kier molecular flexibility index (Phi) is 5.42. The van der Waals surface area contributed by atoms with Crippen LogP contribution in [0.2, 0.25) is 0 Å². The molecule has 0 saturated carbocycles. The number of ether oxygens (including phenoxy) is 2. The molecule has 8 heteroatoms. The molecule has 2 aromatic heterocycles. The molecule has 7 nitrogen and oxygen atoms in total. The highest BCUT2D eigenvalue weighted by Crippen LogP contribution is 2.29. The van der Waals surface area contributed by atoms with E-state index in [-0.39, 0.29) is 6.10 Å². The van der Waals surface area contributed by atoms with E-state index >= 15 is 0 Å². The van der Waals surface area contributed by atoms with Crippen molar-refractivity contribution >= 4 is 22.9 Å². The van der Waals surface area contributed by atoms with Gasteiger partial charge in [-0.05, 0) is 49.2 Å². The maximum absolute atomic E-state index is 5.87. The number of hydrogen-bond acceptors (Lipinski definition) is 7. The molecule has 2 aromatic carbocycles. The number of fused-ring (bicyclic) bond motifs is 1. The summed E-state index contributed by atoms with van der Waals surface area (Å²) in [5.41, 5.74) is 2.66. The predicted molar refractivity (Wildman–Crippen MR) is 115 cm³/mol. The van der Waals surface area contributed by atoms with Crippen LogP contribution in [0.5, 0.6) is 5.75 Å². The smallest absolute Gasteiger partial charge is 0.205 e. The van der Waals surface area contributed by atoms with E-state index in [1.54, 1.807) is 18.9 Å². The zero-order valence-electron chi connectivity index (χ0n) is 16.7. The standard InChI is InChI=1S/C22H22N4O3S/c1-27-16-10-8-15(9-11-16)21-24-25-22(26(21)13-17-5-4-12-28-17)30-14-20-23-18-6-2-3-7-19(18)29-20/h2-3,6-11,17H,4-5,12-14H2,1H3/t17-/m1/s1. The molecule has 154 valence electrons. The molecule has 0 aliphatic carbocycles. The molecule has 1 aliphatic heterocycles. The van der Waals surface area contributed by atoms with E-state index in [1.165, 1.54) is 0 Å². The first kappa shape index (κ1) is 19.1. The third kappa shape index (κ3) is 3.93. The molecule has 1 atom stereocenters. The average molecular weight is 423 g/mol. The number of nitrogens with zero attached hydrogens (tertiary/aromatic N) is 4. The van der Waals surface area contributed by atoms with Gasteiger partial charge >= 0.3 is 0 Å². The fourth-order valence-electron chi connectivity index (χ4n) is 3.61. The van der Waals surface area contributed by atoms with Crippen molar-refractivity contribution in [3.63, 3.8) is 0 Å². The van der Waals surface area contributed by atoms with Crippen LogP contribution in [0.1, 0.15) is 18.7 Å². The van der Waals surface area contributed by atoms with Crippen LogP contribution in [0.25, 0.3) is 22.5 Å². The van der Waals surface area contributed by atoms with Gasteiger partial charge in [0.05, 0.1) is 25.5 Å². The fraction of sp³-hybridized carbons (Fsp3) is 0.318. The maximum atomic E-state index is 5.87. The van der Waals surface area contributed by atoms with E-state index < -0.39 is 0 Å². The molecule has 3 heterocycles. The number of thioether (sulfide) groups is 1. The molecular formula is C22H22N4O3S. The molecule has 0 N–H and O–H groups in total. The van der Waals surface area contributed by atoms with Gasteiger partial charge in [0.25, 0.3) is 0 Å². The van der Waals surface area contributed by atoms with Crippen molar-refractivity contribution in [1.29, 1.82) is 0 Å². The second-order valence-corrected chi connectivity index (χ2v) is 8.09. The minimum absolute atomic E-state index is 0.182. The first-order valence-electron chi connectivity index (χ1n) is 9.96. The van der Waals surface area contributed by atoms with Crippen molar-refractivity contribution in [3.8, 4) is 17.1 Å². The number of para-hydroxylation sites is 2. The lowest BCUT2D eigenvalue weighted by molar-refractivity contribution is 0.0953. The molecule has 0 radical (unpaired) electrons. The summed E-state index contributed by atoms with van der Waals surface area (Å²) in [4.78, 5) is 4.56. The van der Waals surface area contributed by atoms with Crippen LogP contribution in [0.4, 0.5) is 0 Å². The summed E-state index contributed by atoms with van der Waals surface area (Å²) in [6.07, 6.45) is 2.33. The summed E-state index contributed by atoms with van der Waals surface area (Å²) in [6, 6.07) is 15.7. The van der Waals surface area contributed by atoms with E-state index in [9.17, 15) is 0 Å². The molecule has 1 aliphatic rings. The van der Waals surface area contributed by atoms with Gasteiger partial charge in [0, 0.05) is 12.2 Å². The summed E-state index contributed by atoms with van der Waals surface area (Å²) >= 11 is 1.57. The summed E-state index contributed by atoms with van der Waals surface area (Å²) in [5.74, 6) is 2.91. The van der Waals surface area contributed by atoms with Crippen LogP contribution in [0.3, 0.4) is 0 Å². The Bertz CT molecular complexity index is 1100. The second-order valence-electron chi connectivity index (χ2n) is 7.14. The highest BCUT2D eigenvalue weighted by molar-refractivity contribution is 7.98. The van der Waals surface area contributed by atoms with Crippen LogP contribution in [0.15, 0.2) is 58.1 Å². The van der Waals surface area contributed by atoms with E-state index in [0.29, 0.717) is 11.6 Å². The van der Waals surface area contributed by atoms with Gasteiger partial charge in [-0.25, -0.2) is 4.98 Å². The van der Waals surface area contributed by atoms with Crippen molar-refractivity contribution in [3.05, 3.63) is 54.4 Å². The number of benzene rings is 2. The summed E-state index contributed by atoms with van der Waals surface area (Å²) in [5, 5.41) is 9.78. The van der Waals surface area contributed by atoms with E-state index in [4.69, 9.17) is 13.9 Å². The SMILES string of the molecule is COc1ccc(-c2nnc(SCc3nc4ccccc4o3)n2C[C@H]2CCCO2)cc1. The minimum atomic E-state index is 0.182. The Morgan fingerprint density at radius 3 is 2.77 bits per heavy atom. The van der Waals surface area contributed by atoms with E-state index in [0.717, 1.165) is 59.4 Å². The van der Waals surface area contributed by atoms with Crippen LogP contribution < -0.4 is 4.74 Å². The van der Waals surface area contributed by atoms with Crippen molar-refractivity contribution < 1.29 is 13.9 Å². The van der Waals surface area contributed by atoms with Gasteiger partial charge in [0.15, 0.2) is 16.6 Å². The van der Waals surface area contributed by atoms with Crippen LogP contribution in [-0.4, -0.2) is 39.6 Å². The molecule has 0 amide bonds. The molecule has 0 spiro atoms. The molecule has 30 heavy (non-hydrogen) atoms. The topological polar surface area (TPSA) is 75.2 Å². The number of oxazole rings is 1. The number of aromatic nitrogens is 4. The van der Waals surface area contributed by atoms with Gasteiger partial charge < -0.3 is 13.9 Å². The molecule has 0 unspecified atom stereocenters. The molecule has 0 bridgehead atoms. The van der Waals surface area contributed by atoms with Crippen LogP contribution >= 0.6 is 11.8 Å². The monoisotopic (exact) mass is 422 g/mol. The Labute approximate surface area is 178 Å². The largest absolute Gasteiger partial charge is 0.497 e. The first-order valence-corrected chi connectivity index (χ1v) is 11.0. The van der Waals surface area contributed by atoms with Crippen molar-refractivity contribution in [2.24, 2.45) is 0 Å². The van der Waals surface area contributed by atoms with Crippen molar-refractivity contribution in [1.82, 2.24) is 19.7 Å². The molecular weight excluding hydrogens is 400 g/mol. The number of rotatable bonds is 7. The van der Waals surface area contributed by atoms with Gasteiger partial charge in [0.2, 0.25) is 5.89 Å². The molecule has 1 saturated heterocycles. The number of hydrogen-bond donors (Lipinski definition) is 0. The van der Waals surface area contributed by atoms with E-state index in [1.807, 2.05) is 48.5 Å². The van der Waals surface area contributed by atoms with Crippen LogP contribution in [0, 0.1) is 0 Å². The maximum Gasteiger partial charge on any atom is 0.205 e. The van der Waals surface area contributed by atoms with Gasteiger partial charge in [-0.3, -0.25) is 4.57 Å². The van der Waals surface area contributed by atoms with Crippen molar-refractivity contribution in [2.75, 3.05) is 13.7 Å². The fourth-order valence-corrected chi connectivity index (χ4v) is 4.41. The summed E-state index contributed by atoms with van der Waals surface area (Å²) < 4.78 is 19.1. The third-order valence-electron chi connectivity index (χ3n) is 5.14. The lowest BCUT2D eigenvalue weighted by Crippen LogP contribution is -2.16. The number of methoxy groups -OCH3 is 1. The molecule has 4 aromatic rings.